The highest BCUT2D eigenvalue weighted by Gasteiger charge is 2.21. The largest absolute Gasteiger partial charge is 0.492 e. The number of halogens is 3. The number of hydrogen-bond acceptors (Lipinski definition) is 4. The number of carbonyl (C=O) groups is 1. The van der Waals surface area contributed by atoms with Gasteiger partial charge in [-0.1, -0.05) is 35.9 Å². The van der Waals surface area contributed by atoms with E-state index in [0.717, 1.165) is 12.1 Å². The number of sulfonamides is 1. The zero-order valence-corrected chi connectivity index (χ0v) is 19.1. The molecule has 0 aromatic heterocycles. The molecule has 0 radical (unpaired) electrons. The molecule has 2 N–H and O–H groups in total. The van der Waals surface area contributed by atoms with Gasteiger partial charge in [0.15, 0.2) is 0 Å². The number of rotatable bonds is 9. The molecule has 0 aliphatic heterocycles. The average Bonchev–Trinajstić information content (AvgIpc) is 2.77. The van der Waals surface area contributed by atoms with E-state index in [1.165, 1.54) is 25.1 Å². The van der Waals surface area contributed by atoms with Crippen LogP contribution in [0.4, 0.5) is 8.78 Å². The van der Waals surface area contributed by atoms with Crippen LogP contribution in [0.2, 0.25) is 5.02 Å². The molecule has 0 bridgehead atoms. The van der Waals surface area contributed by atoms with Crippen LogP contribution in [0.3, 0.4) is 0 Å². The molecule has 3 rings (SSSR count). The first-order valence-corrected chi connectivity index (χ1v) is 11.8. The third kappa shape index (κ3) is 6.50. The van der Waals surface area contributed by atoms with Crippen molar-refractivity contribution in [2.24, 2.45) is 0 Å². The lowest BCUT2D eigenvalue weighted by atomic mass is 10.1. The molecule has 3 aromatic carbocycles. The zero-order valence-electron chi connectivity index (χ0n) is 17.5. The van der Waals surface area contributed by atoms with Crippen molar-refractivity contribution in [3.05, 3.63) is 94.5 Å². The van der Waals surface area contributed by atoms with Gasteiger partial charge in [-0.15, -0.1) is 0 Å². The highest BCUT2D eigenvalue weighted by molar-refractivity contribution is 7.89. The molecule has 0 aliphatic carbocycles. The van der Waals surface area contributed by atoms with E-state index in [0.29, 0.717) is 11.8 Å². The second-order valence-electron chi connectivity index (χ2n) is 7.06. The van der Waals surface area contributed by atoms with Crippen LogP contribution < -0.4 is 14.8 Å². The lowest BCUT2D eigenvalue weighted by Gasteiger charge is -2.16. The number of nitrogens with one attached hydrogen (secondary N) is 2. The number of amides is 1. The van der Waals surface area contributed by atoms with Gasteiger partial charge in [0, 0.05) is 18.2 Å². The van der Waals surface area contributed by atoms with Crippen LogP contribution in [0.25, 0.3) is 0 Å². The second kappa shape index (κ2) is 10.7. The normalized spacial score (nSPS) is 12.2. The van der Waals surface area contributed by atoms with Gasteiger partial charge in [-0.25, -0.2) is 21.9 Å². The van der Waals surface area contributed by atoms with E-state index >= 15 is 0 Å². The Morgan fingerprint density at radius 3 is 2.48 bits per heavy atom. The molecule has 0 spiro atoms. The predicted molar refractivity (Wildman–Crippen MR) is 121 cm³/mol. The maximum absolute atomic E-state index is 14.0. The lowest BCUT2D eigenvalue weighted by molar-refractivity contribution is 0.0939. The molecule has 0 heterocycles. The molecule has 0 fully saturated rings. The Hall–Kier alpha value is -3.01. The van der Waals surface area contributed by atoms with E-state index in [-0.39, 0.29) is 34.2 Å². The third-order valence-corrected chi connectivity index (χ3v) is 6.46. The molecule has 0 unspecified atom stereocenters. The summed E-state index contributed by atoms with van der Waals surface area (Å²) in [5, 5.41) is 2.56. The van der Waals surface area contributed by atoms with Crippen molar-refractivity contribution in [3.8, 4) is 5.75 Å². The molecule has 6 nitrogen and oxygen atoms in total. The van der Waals surface area contributed by atoms with Crippen molar-refractivity contribution >= 4 is 27.5 Å². The first kappa shape index (κ1) is 24.6. The number of benzene rings is 3. The van der Waals surface area contributed by atoms with Crippen LogP contribution in [-0.2, 0) is 10.0 Å². The fraction of sp³-hybridized carbons (Fsp3) is 0.174. The molecule has 0 saturated carbocycles. The minimum absolute atomic E-state index is 0.00224. The second-order valence-corrected chi connectivity index (χ2v) is 9.24. The fourth-order valence-corrected chi connectivity index (χ4v) is 4.24. The summed E-state index contributed by atoms with van der Waals surface area (Å²) in [6.07, 6.45) is 0. The van der Waals surface area contributed by atoms with E-state index in [4.69, 9.17) is 16.3 Å². The molecule has 0 saturated heterocycles. The Morgan fingerprint density at radius 1 is 1.06 bits per heavy atom. The Morgan fingerprint density at radius 2 is 1.79 bits per heavy atom. The van der Waals surface area contributed by atoms with Crippen molar-refractivity contribution in [1.82, 2.24) is 10.0 Å². The van der Waals surface area contributed by atoms with Crippen LogP contribution in [0.15, 0.2) is 71.6 Å². The number of ether oxygens (including phenoxy) is 1. The summed E-state index contributed by atoms with van der Waals surface area (Å²) in [5.74, 6) is -1.65. The zero-order chi connectivity index (χ0) is 24.0. The maximum atomic E-state index is 14.0. The van der Waals surface area contributed by atoms with Crippen molar-refractivity contribution in [3.63, 3.8) is 0 Å². The standard InChI is InChI=1S/C23H21ClF2N2O4S/c1-15(19-9-7-16(25)13-22(19)26)28-23(29)20-14-18(8-10-21(20)24)33(30,31)27-11-12-32-17-5-3-2-4-6-17/h2-10,13-15,27H,11-12H2,1H3,(H,28,29)/t15-/m1/s1. The van der Waals surface area contributed by atoms with Gasteiger partial charge in [-0.2, -0.15) is 0 Å². The average molecular weight is 495 g/mol. The monoisotopic (exact) mass is 494 g/mol. The van der Waals surface area contributed by atoms with Crippen LogP contribution in [0, 0.1) is 11.6 Å². The van der Waals surface area contributed by atoms with Crippen LogP contribution >= 0.6 is 11.6 Å². The van der Waals surface area contributed by atoms with Crippen molar-refractivity contribution < 1.29 is 26.7 Å². The molecule has 1 atom stereocenters. The topological polar surface area (TPSA) is 84.5 Å². The molecular weight excluding hydrogens is 474 g/mol. The first-order valence-electron chi connectivity index (χ1n) is 9.90. The first-order chi connectivity index (χ1) is 15.7. The quantitative estimate of drug-likeness (QED) is 0.430. The van der Waals surface area contributed by atoms with Crippen LogP contribution in [-0.4, -0.2) is 27.5 Å². The van der Waals surface area contributed by atoms with Gasteiger partial charge in [0.2, 0.25) is 10.0 Å². The summed E-state index contributed by atoms with van der Waals surface area (Å²) >= 11 is 6.10. The highest BCUT2D eigenvalue weighted by atomic mass is 35.5. The van der Waals surface area contributed by atoms with Gasteiger partial charge < -0.3 is 10.1 Å². The highest BCUT2D eigenvalue weighted by Crippen LogP contribution is 2.23. The molecule has 1 amide bonds. The van der Waals surface area contributed by atoms with Gasteiger partial charge in [-0.05, 0) is 43.3 Å². The molecule has 10 heteroatoms. The van der Waals surface area contributed by atoms with Gasteiger partial charge in [0.05, 0.1) is 21.5 Å². The Balaban J connectivity index is 1.67. The van der Waals surface area contributed by atoms with Gasteiger partial charge >= 0.3 is 0 Å². The number of hydrogen-bond donors (Lipinski definition) is 2. The summed E-state index contributed by atoms with van der Waals surface area (Å²) in [5.41, 5.74) is -0.0285. The molecule has 174 valence electrons. The molecule has 0 aliphatic rings. The van der Waals surface area contributed by atoms with E-state index in [1.807, 2.05) is 6.07 Å². The Kier molecular flexibility index (Phi) is 8.01. The Bertz CT molecular complexity index is 1240. The lowest BCUT2D eigenvalue weighted by Crippen LogP contribution is -2.30. The number of carbonyl (C=O) groups excluding carboxylic acids is 1. The van der Waals surface area contributed by atoms with Gasteiger partial charge in [0.1, 0.15) is 24.0 Å². The smallest absolute Gasteiger partial charge is 0.253 e. The fourth-order valence-electron chi connectivity index (χ4n) is 3.00. The summed E-state index contributed by atoms with van der Waals surface area (Å²) in [4.78, 5) is 12.5. The van der Waals surface area contributed by atoms with Crippen LogP contribution in [0.5, 0.6) is 5.75 Å². The van der Waals surface area contributed by atoms with Gasteiger partial charge in [-0.3, -0.25) is 4.79 Å². The van der Waals surface area contributed by atoms with E-state index in [1.54, 1.807) is 24.3 Å². The predicted octanol–water partition coefficient (Wildman–Crippen LogP) is 4.47. The Labute approximate surface area is 195 Å². The summed E-state index contributed by atoms with van der Waals surface area (Å²) in [6, 6.07) is 14.8. The summed E-state index contributed by atoms with van der Waals surface area (Å²) < 4.78 is 60.2. The van der Waals surface area contributed by atoms with Crippen molar-refractivity contribution in [2.45, 2.75) is 17.9 Å². The maximum Gasteiger partial charge on any atom is 0.253 e. The molecule has 33 heavy (non-hydrogen) atoms. The molecular formula is C23H21ClF2N2O4S. The van der Waals surface area contributed by atoms with Gasteiger partial charge in [0.25, 0.3) is 5.91 Å². The number of para-hydroxylation sites is 1. The van der Waals surface area contributed by atoms with Crippen LogP contribution in [0.1, 0.15) is 28.9 Å². The SMILES string of the molecule is C[C@@H](NC(=O)c1cc(S(=O)(=O)NCCOc2ccccc2)ccc1Cl)c1ccc(F)cc1F. The molecule has 3 aromatic rings. The minimum Gasteiger partial charge on any atom is -0.492 e. The van der Waals surface area contributed by atoms with E-state index < -0.39 is 33.6 Å². The third-order valence-electron chi connectivity index (χ3n) is 4.68. The summed E-state index contributed by atoms with van der Waals surface area (Å²) in [6.45, 7) is 1.62. The summed E-state index contributed by atoms with van der Waals surface area (Å²) in [7, 11) is -3.95. The van der Waals surface area contributed by atoms with Crippen molar-refractivity contribution in [2.75, 3.05) is 13.2 Å². The van der Waals surface area contributed by atoms with E-state index in [9.17, 15) is 22.0 Å². The van der Waals surface area contributed by atoms with Crippen molar-refractivity contribution in [1.29, 1.82) is 0 Å². The minimum atomic E-state index is -3.95. The van der Waals surface area contributed by atoms with E-state index in [2.05, 4.69) is 10.0 Å².